The number of anilines is 1. The number of aryl methyl sites for hydroxylation is 1. The lowest BCUT2D eigenvalue weighted by Crippen LogP contribution is -2.03. The zero-order valence-electron chi connectivity index (χ0n) is 9.31. The first-order valence-electron chi connectivity index (χ1n) is 4.78. The minimum atomic E-state index is 0.450. The van der Waals surface area contributed by atoms with Gasteiger partial charge < -0.3 is 10.5 Å². The summed E-state index contributed by atoms with van der Waals surface area (Å²) in [6.07, 6.45) is 1.40. The van der Waals surface area contributed by atoms with Crippen molar-refractivity contribution in [2.75, 3.05) is 12.8 Å². The average molecular weight is 343 g/mol. The summed E-state index contributed by atoms with van der Waals surface area (Å²) in [7, 11) is 1.54. The first-order valence-corrected chi connectivity index (χ1v) is 5.85. The average Bonchev–Trinajstić information content (AvgIpc) is 2.35. The van der Waals surface area contributed by atoms with Gasteiger partial charge in [0.2, 0.25) is 5.88 Å². The van der Waals surface area contributed by atoms with Crippen LogP contribution in [0, 0.1) is 10.5 Å². The SMILES string of the molecule is COc1cc(-c2nc(C)c(I)c(N)n2)ncn1. The molecule has 0 spiro atoms. The molecule has 2 rings (SSSR count). The van der Waals surface area contributed by atoms with E-state index < -0.39 is 0 Å². The number of rotatable bonds is 2. The second-order valence-electron chi connectivity index (χ2n) is 3.28. The number of ether oxygens (including phenoxy) is 1. The molecular weight excluding hydrogens is 333 g/mol. The molecule has 88 valence electrons. The molecule has 0 amide bonds. The van der Waals surface area contributed by atoms with E-state index >= 15 is 0 Å². The number of aromatic nitrogens is 4. The monoisotopic (exact) mass is 343 g/mol. The van der Waals surface area contributed by atoms with Crippen LogP contribution in [0.1, 0.15) is 5.69 Å². The predicted octanol–water partition coefficient (Wildman–Crippen LogP) is 1.44. The minimum absolute atomic E-state index is 0.450. The molecule has 0 aliphatic heterocycles. The molecular formula is C10H10IN5O. The predicted molar refractivity (Wildman–Crippen MR) is 71.5 cm³/mol. The fourth-order valence-electron chi connectivity index (χ4n) is 1.27. The quantitative estimate of drug-likeness (QED) is 0.831. The highest BCUT2D eigenvalue weighted by Crippen LogP contribution is 2.21. The van der Waals surface area contributed by atoms with Crippen LogP contribution < -0.4 is 10.5 Å². The summed E-state index contributed by atoms with van der Waals surface area (Å²) in [5.41, 5.74) is 7.21. The fraction of sp³-hybridized carbons (Fsp3) is 0.200. The van der Waals surface area contributed by atoms with E-state index in [1.807, 2.05) is 6.92 Å². The zero-order chi connectivity index (χ0) is 12.4. The molecule has 0 unspecified atom stereocenters. The molecule has 0 aliphatic carbocycles. The van der Waals surface area contributed by atoms with Crippen molar-refractivity contribution in [3.05, 3.63) is 21.7 Å². The largest absolute Gasteiger partial charge is 0.481 e. The first-order chi connectivity index (χ1) is 8.11. The Labute approximate surface area is 112 Å². The van der Waals surface area contributed by atoms with Crippen molar-refractivity contribution in [3.63, 3.8) is 0 Å². The van der Waals surface area contributed by atoms with Crippen LogP contribution in [0.2, 0.25) is 0 Å². The van der Waals surface area contributed by atoms with Gasteiger partial charge in [-0.15, -0.1) is 0 Å². The first kappa shape index (κ1) is 12.0. The maximum absolute atomic E-state index is 5.80. The van der Waals surface area contributed by atoms with E-state index in [1.54, 1.807) is 13.2 Å². The number of nitrogens with zero attached hydrogens (tertiary/aromatic N) is 4. The van der Waals surface area contributed by atoms with Crippen LogP contribution in [0.5, 0.6) is 5.88 Å². The standard InChI is InChI=1S/C10H10IN5O/c1-5-8(11)9(12)16-10(15-5)6-3-7(17-2)14-4-13-6/h3-4H,1-2H3,(H2,12,15,16). The molecule has 0 aliphatic rings. The van der Waals surface area contributed by atoms with Gasteiger partial charge in [-0.05, 0) is 29.5 Å². The van der Waals surface area contributed by atoms with Crippen molar-refractivity contribution in [3.8, 4) is 17.4 Å². The van der Waals surface area contributed by atoms with Crippen molar-refractivity contribution in [2.24, 2.45) is 0 Å². The maximum atomic E-state index is 5.80. The van der Waals surface area contributed by atoms with E-state index in [4.69, 9.17) is 10.5 Å². The molecule has 2 aromatic heterocycles. The lowest BCUT2D eigenvalue weighted by atomic mass is 10.3. The number of methoxy groups -OCH3 is 1. The Kier molecular flexibility index (Phi) is 3.36. The van der Waals surface area contributed by atoms with Crippen LogP contribution in [-0.4, -0.2) is 27.0 Å². The highest BCUT2D eigenvalue weighted by molar-refractivity contribution is 14.1. The highest BCUT2D eigenvalue weighted by atomic mass is 127. The second-order valence-corrected chi connectivity index (χ2v) is 4.36. The summed E-state index contributed by atoms with van der Waals surface area (Å²) in [5, 5.41) is 0. The van der Waals surface area contributed by atoms with Crippen molar-refractivity contribution < 1.29 is 4.74 Å². The molecule has 2 N–H and O–H groups in total. The summed E-state index contributed by atoms with van der Waals surface area (Å²) in [4.78, 5) is 16.5. The molecule has 0 fully saturated rings. The Hall–Kier alpha value is -1.51. The highest BCUT2D eigenvalue weighted by Gasteiger charge is 2.10. The minimum Gasteiger partial charge on any atom is -0.481 e. The van der Waals surface area contributed by atoms with Gasteiger partial charge in [0.1, 0.15) is 17.8 Å². The van der Waals surface area contributed by atoms with Crippen molar-refractivity contribution in [1.82, 2.24) is 19.9 Å². The third-order valence-electron chi connectivity index (χ3n) is 2.12. The van der Waals surface area contributed by atoms with Gasteiger partial charge in [-0.25, -0.2) is 19.9 Å². The normalized spacial score (nSPS) is 10.3. The van der Waals surface area contributed by atoms with E-state index in [2.05, 4.69) is 42.5 Å². The third-order valence-corrected chi connectivity index (χ3v) is 3.46. The summed E-state index contributed by atoms with van der Waals surface area (Å²) in [6, 6.07) is 1.67. The van der Waals surface area contributed by atoms with Gasteiger partial charge >= 0.3 is 0 Å². The van der Waals surface area contributed by atoms with Crippen LogP contribution in [0.4, 0.5) is 5.82 Å². The van der Waals surface area contributed by atoms with Crippen molar-refractivity contribution >= 4 is 28.4 Å². The van der Waals surface area contributed by atoms with Crippen molar-refractivity contribution in [1.29, 1.82) is 0 Å². The van der Waals surface area contributed by atoms with E-state index in [9.17, 15) is 0 Å². The van der Waals surface area contributed by atoms with Crippen LogP contribution >= 0.6 is 22.6 Å². The van der Waals surface area contributed by atoms with Crippen LogP contribution in [-0.2, 0) is 0 Å². The molecule has 0 bridgehead atoms. The molecule has 0 saturated carbocycles. The van der Waals surface area contributed by atoms with Crippen LogP contribution in [0.3, 0.4) is 0 Å². The maximum Gasteiger partial charge on any atom is 0.216 e. The van der Waals surface area contributed by atoms with Gasteiger partial charge in [-0.2, -0.15) is 0 Å². The number of nitrogens with two attached hydrogens (primary N) is 1. The van der Waals surface area contributed by atoms with Gasteiger partial charge in [0, 0.05) is 6.07 Å². The summed E-state index contributed by atoms with van der Waals surface area (Å²) in [6.45, 7) is 1.88. The lowest BCUT2D eigenvalue weighted by molar-refractivity contribution is 0.397. The molecule has 0 aromatic carbocycles. The second kappa shape index (κ2) is 4.78. The Balaban J connectivity index is 2.52. The Bertz CT molecular complexity index is 537. The molecule has 0 radical (unpaired) electrons. The van der Waals surface area contributed by atoms with Gasteiger partial charge in [0.05, 0.1) is 16.4 Å². The number of halogens is 1. The number of hydrogen-bond acceptors (Lipinski definition) is 6. The smallest absolute Gasteiger partial charge is 0.216 e. The summed E-state index contributed by atoms with van der Waals surface area (Å²) >= 11 is 2.11. The molecule has 6 nitrogen and oxygen atoms in total. The van der Waals surface area contributed by atoms with Crippen LogP contribution in [0.25, 0.3) is 11.5 Å². The van der Waals surface area contributed by atoms with Crippen molar-refractivity contribution in [2.45, 2.75) is 6.92 Å². The fourth-order valence-corrected chi connectivity index (χ4v) is 1.51. The molecule has 0 atom stereocenters. The molecule has 7 heteroatoms. The molecule has 0 saturated heterocycles. The van der Waals surface area contributed by atoms with E-state index in [0.717, 1.165) is 9.26 Å². The molecule has 2 heterocycles. The number of nitrogen functional groups attached to an aromatic ring is 1. The van der Waals surface area contributed by atoms with E-state index in [-0.39, 0.29) is 0 Å². The Morgan fingerprint density at radius 2 is 2.06 bits per heavy atom. The van der Waals surface area contributed by atoms with E-state index in [1.165, 1.54) is 6.33 Å². The van der Waals surface area contributed by atoms with E-state index in [0.29, 0.717) is 23.2 Å². The van der Waals surface area contributed by atoms with Gasteiger partial charge in [-0.3, -0.25) is 0 Å². The van der Waals surface area contributed by atoms with Gasteiger partial charge in [0.25, 0.3) is 0 Å². The Morgan fingerprint density at radius 3 is 2.71 bits per heavy atom. The lowest BCUT2D eigenvalue weighted by Gasteiger charge is -2.05. The topological polar surface area (TPSA) is 86.8 Å². The molecule has 17 heavy (non-hydrogen) atoms. The molecule has 2 aromatic rings. The van der Waals surface area contributed by atoms with Crippen LogP contribution in [0.15, 0.2) is 12.4 Å². The number of hydrogen-bond donors (Lipinski definition) is 1. The van der Waals surface area contributed by atoms with Gasteiger partial charge in [-0.1, -0.05) is 0 Å². The zero-order valence-corrected chi connectivity index (χ0v) is 11.5. The van der Waals surface area contributed by atoms with Gasteiger partial charge in [0.15, 0.2) is 5.82 Å². The Morgan fingerprint density at radius 1 is 1.29 bits per heavy atom. The summed E-state index contributed by atoms with van der Waals surface area (Å²) in [5.74, 6) is 1.39. The summed E-state index contributed by atoms with van der Waals surface area (Å²) < 4.78 is 5.88. The third kappa shape index (κ3) is 2.43.